The summed E-state index contributed by atoms with van der Waals surface area (Å²) in [6.07, 6.45) is -4.82. The van der Waals surface area contributed by atoms with E-state index in [2.05, 4.69) is 10.1 Å². The van der Waals surface area contributed by atoms with Crippen LogP contribution in [-0.4, -0.2) is 38.1 Å². The van der Waals surface area contributed by atoms with Gasteiger partial charge in [0.05, 0.1) is 4.90 Å². The summed E-state index contributed by atoms with van der Waals surface area (Å²) in [4.78, 5) is 12.3. The molecular formula is C18H19F3N2O4S. The fourth-order valence-electron chi connectivity index (χ4n) is 2.46. The van der Waals surface area contributed by atoms with Crippen molar-refractivity contribution in [1.29, 1.82) is 0 Å². The van der Waals surface area contributed by atoms with Gasteiger partial charge in [0.15, 0.2) is 0 Å². The number of benzene rings is 2. The van der Waals surface area contributed by atoms with Crippen LogP contribution in [0.2, 0.25) is 0 Å². The van der Waals surface area contributed by atoms with E-state index < -0.39 is 28.0 Å². The lowest BCUT2D eigenvalue weighted by atomic mass is 10.2. The Kier molecular flexibility index (Phi) is 6.68. The molecule has 0 aliphatic carbocycles. The molecule has 0 saturated heterocycles. The predicted molar refractivity (Wildman–Crippen MR) is 97.6 cm³/mol. The molecule has 6 nitrogen and oxygen atoms in total. The molecule has 1 N–H and O–H groups in total. The molecule has 0 heterocycles. The molecule has 28 heavy (non-hydrogen) atoms. The molecule has 152 valence electrons. The number of hydrogen-bond acceptors (Lipinski definition) is 4. The summed E-state index contributed by atoms with van der Waals surface area (Å²) in [7, 11) is -3.69. The second kappa shape index (κ2) is 8.61. The van der Waals surface area contributed by atoms with Gasteiger partial charge in [-0.3, -0.25) is 4.79 Å². The number of nitrogens with one attached hydrogen (secondary N) is 1. The summed E-state index contributed by atoms with van der Waals surface area (Å²) < 4.78 is 66.7. The first kappa shape index (κ1) is 21.7. The van der Waals surface area contributed by atoms with E-state index in [1.54, 1.807) is 13.8 Å². The van der Waals surface area contributed by atoms with Gasteiger partial charge in [0.1, 0.15) is 5.75 Å². The molecule has 0 atom stereocenters. The first-order valence-corrected chi connectivity index (χ1v) is 9.78. The number of rotatable bonds is 7. The van der Waals surface area contributed by atoms with Crippen LogP contribution in [-0.2, 0) is 10.0 Å². The van der Waals surface area contributed by atoms with Gasteiger partial charge in [-0.25, -0.2) is 8.42 Å². The molecule has 0 saturated carbocycles. The van der Waals surface area contributed by atoms with Gasteiger partial charge in [-0.15, -0.1) is 13.2 Å². The normalized spacial score (nSPS) is 12.1. The number of sulfonamides is 1. The van der Waals surface area contributed by atoms with Crippen LogP contribution in [0.3, 0.4) is 0 Å². The Hall–Kier alpha value is -2.59. The van der Waals surface area contributed by atoms with Crippen LogP contribution in [0.5, 0.6) is 5.75 Å². The third kappa shape index (κ3) is 5.46. The Balaban J connectivity index is 2.17. The van der Waals surface area contributed by atoms with E-state index in [1.165, 1.54) is 40.7 Å². The third-order valence-corrected chi connectivity index (χ3v) is 5.83. The number of ether oxygens (including phenoxy) is 1. The van der Waals surface area contributed by atoms with Gasteiger partial charge in [0.25, 0.3) is 5.91 Å². The van der Waals surface area contributed by atoms with Crippen molar-refractivity contribution in [2.45, 2.75) is 25.1 Å². The van der Waals surface area contributed by atoms with E-state index in [0.717, 1.165) is 12.1 Å². The maximum atomic E-state index is 12.6. The average Bonchev–Trinajstić information content (AvgIpc) is 2.62. The number of halogens is 3. The van der Waals surface area contributed by atoms with Crippen molar-refractivity contribution in [3.63, 3.8) is 0 Å². The van der Waals surface area contributed by atoms with E-state index in [-0.39, 0.29) is 16.1 Å². The molecular weight excluding hydrogens is 397 g/mol. The van der Waals surface area contributed by atoms with Gasteiger partial charge >= 0.3 is 6.36 Å². The molecule has 0 fully saturated rings. The maximum absolute atomic E-state index is 12.6. The Bertz CT molecular complexity index is 925. The standard InChI is InChI=1S/C18H19F3N2O4S/c1-3-23(4-2)28(25,26)16-7-5-6-14(12-16)22-17(24)13-8-10-15(11-9-13)27-18(19,20)21/h5-12H,3-4H2,1-2H3,(H,22,24). The Morgan fingerprint density at radius 3 is 2.21 bits per heavy atom. The predicted octanol–water partition coefficient (Wildman–Crippen LogP) is 3.87. The number of amides is 1. The van der Waals surface area contributed by atoms with E-state index in [4.69, 9.17) is 0 Å². The van der Waals surface area contributed by atoms with Crippen molar-refractivity contribution in [2.75, 3.05) is 18.4 Å². The van der Waals surface area contributed by atoms with Crippen LogP contribution < -0.4 is 10.1 Å². The second-order valence-corrected chi connectivity index (χ2v) is 7.58. The number of nitrogens with zero attached hydrogens (tertiary/aromatic N) is 1. The number of hydrogen-bond donors (Lipinski definition) is 1. The zero-order valence-corrected chi connectivity index (χ0v) is 16.0. The van der Waals surface area contributed by atoms with Crippen LogP contribution in [0.25, 0.3) is 0 Å². The van der Waals surface area contributed by atoms with E-state index >= 15 is 0 Å². The Morgan fingerprint density at radius 1 is 1.07 bits per heavy atom. The van der Waals surface area contributed by atoms with Gasteiger partial charge in [-0.1, -0.05) is 19.9 Å². The zero-order chi connectivity index (χ0) is 20.9. The van der Waals surface area contributed by atoms with E-state index in [0.29, 0.717) is 13.1 Å². The monoisotopic (exact) mass is 416 g/mol. The molecule has 0 spiro atoms. The van der Waals surface area contributed by atoms with Gasteiger partial charge in [-0.05, 0) is 42.5 Å². The molecule has 2 rings (SSSR count). The highest BCUT2D eigenvalue weighted by Crippen LogP contribution is 2.24. The van der Waals surface area contributed by atoms with Crippen LogP contribution in [0.4, 0.5) is 18.9 Å². The highest BCUT2D eigenvalue weighted by Gasteiger charge is 2.31. The first-order chi connectivity index (χ1) is 13.1. The lowest BCUT2D eigenvalue weighted by Gasteiger charge is -2.18. The number of carbonyl (C=O) groups is 1. The van der Waals surface area contributed by atoms with Gasteiger partial charge in [-0.2, -0.15) is 4.31 Å². The van der Waals surface area contributed by atoms with Crippen LogP contribution in [0, 0.1) is 0 Å². The van der Waals surface area contributed by atoms with Crippen molar-refractivity contribution < 1.29 is 31.1 Å². The fourth-order valence-corrected chi connectivity index (χ4v) is 3.96. The molecule has 0 aromatic heterocycles. The van der Waals surface area contributed by atoms with Crippen molar-refractivity contribution >= 4 is 21.6 Å². The topological polar surface area (TPSA) is 75.7 Å². The van der Waals surface area contributed by atoms with Gasteiger partial charge in [0, 0.05) is 24.3 Å². The summed E-state index contributed by atoms with van der Waals surface area (Å²) >= 11 is 0. The highest BCUT2D eigenvalue weighted by atomic mass is 32.2. The average molecular weight is 416 g/mol. The molecule has 0 bridgehead atoms. The summed E-state index contributed by atoms with van der Waals surface area (Å²) in [5, 5.41) is 2.53. The van der Waals surface area contributed by atoms with Crippen molar-refractivity contribution in [1.82, 2.24) is 4.31 Å². The summed E-state index contributed by atoms with van der Waals surface area (Å²) in [6, 6.07) is 10.1. The summed E-state index contributed by atoms with van der Waals surface area (Å²) in [5.74, 6) is -1.05. The first-order valence-electron chi connectivity index (χ1n) is 8.34. The lowest BCUT2D eigenvalue weighted by Crippen LogP contribution is -2.30. The summed E-state index contributed by atoms with van der Waals surface area (Å²) in [6.45, 7) is 4.06. The SMILES string of the molecule is CCN(CC)S(=O)(=O)c1cccc(NC(=O)c2ccc(OC(F)(F)F)cc2)c1. The van der Waals surface area contributed by atoms with Crippen molar-refractivity contribution in [3.8, 4) is 5.75 Å². The quantitative estimate of drug-likeness (QED) is 0.744. The van der Waals surface area contributed by atoms with Crippen LogP contribution in [0.1, 0.15) is 24.2 Å². The number of anilines is 1. The van der Waals surface area contributed by atoms with Crippen LogP contribution >= 0.6 is 0 Å². The third-order valence-electron chi connectivity index (χ3n) is 3.79. The minimum Gasteiger partial charge on any atom is -0.406 e. The molecule has 1 amide bonds. The fraction of sp³-hybridized carbons (Fsp3) is 0.278. The van der Waals surface area contributed by atoms with Crippen LogP contribution in [0.15, 0.2) is 53.4 Å². The molecule has 0 aliphatic rings. The number of carbonyl (C=O) groups excluding carboxylic acids is 1. The van der Waals surface area contributed by atoms with Crippen molar-refractivity contribution in [2.24, 2.45) is 0 Å². The molecule has 0 aliphatic heterocycles. The zero-order valence-electron chi connectivity index (χ0n) is 15.2. The largest absolute Gasteiger partial charge is 0.573 e. The van der Waals surface area contributed by atoms with E-state index in [9.17, 15) is 26.4 Å². The Morgan fingerprint density at radius 2 is 1.68 bits per heavy atom. The highest BCUT2D eigenvalue weighted by molar-refractivity contribution is 7.89. The molecule has 2 aromatic carbocycles. The van der Waals surface area contributed by atoms with E-state index in [1.807, 2.05) is 0 Å². The van der Waals surface area contributed by atoms with Gasteiger partial charge in [0.2, 0.25) is 10.0 Å². The number of alkyl halides is 3. The molecule has 0 unspecified atom stereocenters. The second-order valence-electron chi connectivity index (χ2n) is 5.64. The van der Waals surface area contributed by atoms with Gasteiger partial charge < -0.3 is 10.1 Å². The molecule has 2 aromatic rings. The minimum atomic E-state index is -4.82. The molecule has 0 radical (unpaired) electrons. The van der Waals surface area contributed by atoms with Crippen molar-refractivity contribution in [3.05, 3.63) is 54.1 Å². The minimum absolute atomic E-state index is 0.0305. The molecule has 10 heteroatoms. The lowest BCUT2D eigenvalue weighted by molar-refractivity contribution is -0.274. The smallest absolute Gasteiger partial charge is 0.406 e. The maximum Gasteiger partial charge on any atom is 0.573 e. The summed E-state index contributed by atoms with van der Waals surface area (Å²) in [5.41, 5.74) is 0.334. The Labute approximate surface area is 161 Å².